The van der Waals surface area contributed by atoms with Crippen molar-refractivity contribution in [3.8, 4) is 0 Å². The Balaban J connectivity index is 1.43. The zero-order valence-corrected chi connectivity index (χ0v) is 19.5. The van der Waals surface area contributed by atoms with Crippen LogP contribution in [0.2, 0.25) is 0 Å². The molecule has 2 unspecified atom stereocenters. The van der Waals surface area contributed by atoms with Crippen LogP contribution in [0.4, 0.5) is 5.88 Å². The monoisotopic (exact) mass is 474 g/mol. The third-order valence-electron chi connectivity index (χ3n) is 6.24. The summed E-state index contributed by atoms with van der Waals surface area (Å²) in [5.41, 5.74) is 2.59. The molecule has 2 aromatic rings. The second-order valence-electron chi connectivity index (χ2n) is 9.92. The van der Waals surface area contributed by atoms with Gasteiger partial charge in [-0.25, -0.2) is 13.8 Å². The van der Waals surface area contributed by atoms with Crippen LogP contribution in [0.1, 0.15) is 56.2 Å². The maximum absolute atomic E-state index is 13.3. The Morgan fingerprint density at radius 3 is 2.55 bits per heavy atom. The highest BCUT2D eigenvalue weighted by Crippen LogP contribution is 2.53. The van der Waals surface area contributed by atoms with E-state index in [1.54, 1.807) is 4.31 Å². The smallest absolute Gasteiger partial charge is 0.400 e. The number of nitrogens with zero attached hydrogens (tertiary/aromatic N) is 3. The number of benzene rings is 1. The lowest BCUT2D eigenvalue weighted by Crippen LogP contribution is -2.37. The van der Waals surface area contributed by atoms with E-state index in [9.17, 15) is 23.3 Å². The number of nitrogens with one attached hydrogen (secondary N) is 1. The summed E-state index contributed by atoms with van der Waals surface area (Å²) < 4.78 is 33.2. The third-order valence-corrected chi connectivity index (χ3v) is 8.15. The first-order valence-electron chi connectivity index (χ1n) is 10.6. The van der Waals surface area contributed by atoms with Crippen molar-refractivity contribution in [2.24, 2.45) is 15.9 Å². The number of sulfonamides is 1. The Bertz CT molecular complexity index is 1220. The van der Waals surface area contributed by atoms with Crippen LogP contribution in [-0.4, -0.2) is 42.4 Å². The second kappa shape index (κ2) is 8.07. The lowest BCUT2D eigenvalue weighted by Gasteiger charge is -2.39. The van der Waals surface area contributed by atoms with Gasteiger partial charge in [-0.15, -0.1) is 0 Å². The molecule has 1 saturated carbocycles. The molecular formula is C22H26N4O6S. The van der Waals surface area contributed by atoms with Gasteiger partial charge in [-0.05, 0) is 60.4 Å². The van der Waals surface area contributed by atoms with Gasteiger partial charge in [0.1, 0.15) is 4.92 Å². The average Bonchev–Trinajstić information content (AvgIpc) is 3.29. The number of fused-ring (bicyclic) bond motifs is 2. The number of hydrogen-bond acceptors (Lipinski definition) is 7. The normalized spacial score (nSPS) is 24.8. The zero-order chi connectivity index (χ0) is 24.0. The average molecular weight is 475 g/mol. The van der Waals surface area contributed by atoms with E-state index in [1.807, 2.05) is 0 Å². The Morgan fingerprint density at radius 1 is 1.21 bits per heavy atom. The van der Waals surface area contributed by atoms with Gasteiger partial charge in [-0.3, -0.25) is 14.9 Å². The Kier molecular flexibility index (Phi) is 5.65. The minimum absolute atomic E-state index is 0.0153. The van der Waals surface area contributed by atoms with Gasteiger partial charge in [-0.2, -0.15) is 9.41 Å². The lowest BCUT2D eigenvalue weighted by atomic mass is 9.65. The molecular weight excluding hydrogens is 448 g/mol. The largest absolute Gasteiger partial charge is 0.433 e. The van der Waals surface area contributed by atoms with Gasteiger partial charge in [-0.1, -0.05) is 20.8 Å². The maximum Gasteiger partial charge on any atom is 0.433 e. The SMILES string of the molecule is CC1(C)CC2CC(C)(CN2S(=O)(=O)c2ccc(C(=O)N/N=C/c3ccc([N+](=O)[O-])o3)cc2)C1. The molecule has 176 valence electrons. The molecule has 2 aliphatic rings. The zero-order valence-electron chi connectivity index (χ0n) is 18.6. The Morgan fingerprint density at radius 2 is 1.91 bits per heavy atom. The molecule has 10 nitrogen and oxygen atoms in total. The van der Waals surface area contributed by atoms with E-state index >= 15 is 0 Å². The maximum atomic E-state index is 13.3. The molecule has 1 N–H and O–H groups in total. The quantitative estimate of drug-likeness (QED) is 0.386. The first kappa shape index (κ1) is 23.1. The van der Waals surface area contributed by atoms with Crippen LogP contribution >= 0.6 is 0 Å². The summed E-state index contributed by atoms with van der Waals surface area (Å²) in [4.78, 5) is 22.4. The molecule has 1 aliphatic carbocycles. The van der Waals surface area contributed by atoms with Crippen molar-refractivity contribution in [1.29, 1.82) is 0 Å². The molecule has 1 amide bonds. The van der Waals surface area contributed by atoms with Crippen molar-refractivity contribution >= 4 is 28.0 Å². The molecule has 2 fully saturated rings. The second-order valence-corrected chi connectivity index (χ2v) is 11.8. The Hall–Kier alpha value is -3.05. The molecule has 0 spiro atoms. The first-order valence-corrected chi connectivity index (χ1v) is 12.0. The van der Waals surface area contributed by atoms with E-state index in [1.165, 1.54) is 36.4 Å². The lowest BCUT2D eigenvalue weighted by molar-refractivity contribution is -0.402. The standard InChI is InChI=1S/C22H26N4O6S/c1-21(2)10-16-11-22(3,13-21)14-25(16)33(30,31)18-7-4-15(5-8-18)20(27)24-23-12-17-6-9-19(32-17)26(28)29/h4-9,12,16H,10-11,13-14H2,1-3H3,(H,24,27)/b23-12+. The molecule has 4 rings (SSSR count). The molecule has 0 radical (unpaired) electrons. The fourth-order valence-corrected chi connectivity index (χ4v) is 7.11. The number of rotatable bonds is 6. The molecule has 2 bridgehead atoms. The molecule has 1 aliphatic heterocycles. The number of nitro groups is 1. The van der Waals surface area contributed by atoms with E-state index < -0.39 is 26.7 Å². The van der Waals surface area contributed by atoms with Crippen molar-refractivity contribution < 1.29 is 22.6 Å². The van der Waals surface area contributed by atoms with Gasteiger partial charge in [0.05, 0.1) is 17.2 Å². The highest BCUT2D eigenvalue weighted by Gasteiger charge is 2.53. The minimum Gasteiger partial charge on any atom is -0.400 e. The summed E-state index contributed by atoms with van der Waals surface area (Å²) in [7, 11) is -3.68. The molecule has 1 saturated heterocycles. The van der Waals surface area contributed by atoms with Gasteiger partial charge in [0, 0.05) is 18.2 Å². The number of carbonyl (C=O) groups is 1. The summed E-state index contributed by atoms with van der Waals surface area (Å²) in [5, 5.41) is 14.3. The number of furan rings is 1. The van der Waals surface area contributed by atoms with E-state index in [0.717, 1.165) is 25.5 Å². The van der Waals surface area contributed by atoms with Crippen LogP contribution < -0.4 is 5.43 Å². The van der Waals surface area contributed by atoms with Gasteiger partial charge in [0.25, 0.3) is 5.91 Å². The number of hydrazone groups is 1. The van der Waals surface area contributed by atoms with Crippen molar-refractivity contribution in [2.75, 3.05) is 6.54 Å². The van der Waals surface area contributed by atoms with Crippen molar-refractivity contribution in [3.63, 3.8) is 0 Å². The highest BCUT2D eigenvalue weighted by molar-refractivity contribution is 7.89. The predicted molar refractivity (Wildman–Crippen MR) is 120 cm³/mol. The summed E-state index contributed by atoms with van der Waals surface area (Å²) in [6.45, 7) is 7.05. The topological polar surface area (TPSA) is 135 Å². The molecule has 1 aromatic heterocycles. The number of hydrogen-bond donors (Lipinski definition) is 1. The Labute approximate surface area is 191 Å². The van der Waals surface area contributed by atoms with Gasteiger partial charge >= 0.3 is 5.88 Å². The molecule has 33 heavy (non-hydrogen) atoms. The van der Waals surface area contributed by atoms with Crippen LogP contribution in [0.5, 0.6) is 0 Å². The fraction of sp³-hybridized carbons (Fsp3) is 0.455. The van der Waals surface area contributed by atoms with Crippen molar-refractivity contribution in [1.82, 2.24) is 9.73 Å². The first-order chi connectivity index (χ1) is 15.4. The van der Waals surface area contributed by atoms with Gasteiger partial charge in [0.15, 0.2) is 5.76 Å². The van der Waals surface area contributed by atoms with Crippen LogP contribution in [0.3, 0.4) is 0 Å². The molecule has 2 heterocycles. The predicted octanol–water partition coefficient (Wildman–Crippen LogP) is 3.54. The fourth-order valence-electron chi connectivity index (χ4n) is 5.33. The van der Waals surface area contributed by atoms with Crippen molar-refractivity contribution in [3.05, 3.63) is 57.8 Å². The van der Waals surface area contributed by atoms with Crippen LogP contribution in [-0.2, 0) is 10.0 Å². The van der Waals surface area contributed by atoms with Crippen LogP contribution in [0.25, 0.3) is 0 Å². The molecule has 2 atom stereocenters. The highest BCUT2D eigenvalue weighted by atomic mass is 32.2. The van der Waals surface area contributed by atoms with E-state index in [0.29, 0.717) is 6.54 Å². The summed E-state index contributed by atoms with van der Waals surface area (Å²) in [6, 6.07) is 8.24. The number of amides is 1. The van der Waals surface area contributed by atoms with E-state index in [4.69, 9.17) is 4.42 Å². The van der Waals surface area contributed by atoms with E-state index in [-0.39, 0.29) is 33.1 Å². The molecule has 11 heteroatoms. The van der Waals surface area contributed by atoms with Crippen LogP contribution in [0, 0.1) is 20.9 Å². The van der Waals surface area contributed by atoms with Crippen LogP contribution in [0.15, 0.2) is 50.8 Å². The van der Waals surface area contributed by atoms with Crippen molar-refractivity contribution in [2.45, 2.75) is 51.0 Å². The third kappa shape index (κ3) is 4.69. The summed E-state index contributed by atoms with van der Waals surface area (Å²) >= 11 is 0. The van der Waals surface area contributed by atoms with Gasteiger partial charge in [0.2, 0.25) is 10.0 Å². The molecule has 1 aromatic carbocycles. The van der Waals surface area contributed by atoms with E-state index in [2.05, 4.69) is 31.3 Å². The van der Waals surface area contributed by atoms with Gasteiger partial charge < -0.3 is 4.42 Å². The number of carbonyl (C=O) groups excluding carboxylic acids is 1. The minimum atomic E-state index is -3.68. The summed E-state index contributed by atoms with van der Waals surface area (Å²) in [6.07, 6.45) is 3.83. The summed E-state index contributed by atoms with van der Waals surface area (Å²) in [5.74, 6) is -0.877.